The molecule has 0 amide bonds. The van der Waals surface area contributed by atoms with Crippen LogP contribution < -0.4 is 5.32 Å². The fourth-order valence-corrected chi connectivity index (χ4v) is 3.49. The van der Waals surface area contributed by atoms with Gasteiger partial charge >= 0.3 is 0 Å². The second-order valence-corrected chi connectivity index (χ2v) is 5.77. The first-order valence-electron chi connectivity index (χ1n) is 7.40. The summed E-state index contributed by atoms with van der Waals surface area (Å²) in [6, 6.07) is 10.3. The average molecular weight is 244 g/mol. The summed E-state index contributed by atoms with van der Waals surface area (Å²) in [5, 5.41) is 3.89. The highest BCUT2D eigenvalue weighted by Gasteiger charge is 2.25. The minimum Gasteiger partial charge on any atom is -0.309 e. The number of nitrogens with one attached hydrogen (secondary N) is 1. The smallest absolute Gasteiger partial charge is 0.0198 e. The summed E-state index contributed by atoms with van der Waals surface area (Å²) in [6.45, 7) is 6.00. The lowest BCUT2D eigenvalue weighted by Gasteiger charge is -2.34. The van der Waals surface area contributed by atoms with Crippen LogP contribution in [0.4, 0.5) is 0 Å². The van der Waals surface area contributed by atoms with Crippen molar-refractivity contribution < 1.29 is 0 Å². The third-order valence-electron chi connectivity index (χ3n) is 4.48. The second kappa shape index (κ2) is 5.41. The van der Waals surface area contributed by atoms with Crippen molar-refractivity contribution in [3.05, 3.63) is 35.4 Å². The Balaban J connectivity index is 1.56. The van der Waals surface area contributed by atoms with Crippen LogP contribution in [-0.2, 0) is 12.8 Å². The highest BCUT2D eigenvalue weighted by molar-refractivity contribution is 5.33. The number of hydrogen-bond donors (Lipinski definition) is 1. The zero-order valence-electron chi connectivity index (χ0n) is 11.4. The molecule has 0 aromatic heterocycles. The predicted octanol–water partition coefficient (Wildman–Crippen LogP) is 2.23. The molecule has 98 valence electrons. The molecule has 0 spiro atoms. The maximum Gasteiger partial charge on any atom is 0.0198 e. The maximum atomic E-state index is 3.89. The van der Waals surface area contributed by atoms with Crippen LogP contribution in [-0.4, -0.2) is 36.6 Å². The number of piperidine rings is 1. The van der Waals surface area contributed by atoms with Crippen LogP contribution in [0.25, 0.3) is 0 Å². The summed E-state index contributed by atoms with van der Waals surface area (Å²) >= 11 is 0. The second-order valence-electron chi connectivity index (χ2n) is 5.77. The Bertz CT molecular complexity index is 377. The summed E-state index contributed by atoms with van der Waals surface area (Å²) in [5.74, 6) is 0. The van der Waals surface area contributed by atoms with Crippen molar-refractivity contribution in [3.63, 3.8) is 0 Å². The van der Waals surface area contributed by atoms with Crippen molar-refractivity contribution in [2.24, 2.45) is 0 Å². The lowest BCUT2D eigenvalue weighted by atomic mass is 10.0. The zero-order chi connectivity index (χ0) is 12.4. The van der Waals surface area contributed by atoms with E-state index in [9.17, 15) is 0 Å². The van der Waals surface area contributed by atoms with E-state index in [1.807, 2.05) is 0 Å². The van der Waals surface area contributed by atoms with Crippen molar-refractivity contribution in [2.75, 3.05) is 19.6 Å². The van der Waals surface area contributed by atoms with Crippen LogP contribution in [0.3, 0.4) is 0 Å². The van der Waals surface area contributed by atoms with Gasteiger partial charge in [-0.1, -0.05) is 31.2 Å². The molecule has 2 nitrogen and oxygen atoms in total. The molecule has 1 aromatic rings. The van der Waals surface area contributed by atoms with Crippen molar-refractivity contribution >= 4 is 0 Å². The van der Waals surface area contributed by atoms with E-state index in [0.29, 0.717) is 12.1 Å². The molecule has 0 radical (unpaired) electrons. The van der Waals surface area contributed by atoms with Gasteiger partial charge in [-0.15, -0.1) is 0 Å². The minimum atomic E-state index is 0.671. The van der Waals surface area contributed by atoms with Gasteiger partial charge in [-0.25, -0.2) is 0 Å². The van der Waals surface area contributed by atoms with E-state index >= 15 is 0 Å². The van der Waals surface area contributed by atoms with Crippen LogP contribution in [0.15, 0.2) is 24.3 Å². The van der Waals surface area contributed by atoms with Crippen molar-refractivity contribution in [3.8, 4) is 0 Å². The Kier molecular flexibility index (Phi) is 3.67. The van der Waals surface area contributed by atoms with Crippen LogP contribution >= 0.6 is 0 Å². The highest BCUT2D eigenvalue weighted by Crippen LogP contribution is 2.23. The minimum absolute atomic E-state index is 0.671. The van der Waals surface area contributed by atoms with Gasteiger partial charge in [0.1, 0.15) is 0 Å². The van der Waals surface area contributed by atoms with Crippen LogP contribution in [0.1, 0.15) is 30.9 Å². The van der Waals surface area contributed by atoms with Crippen LogP contribution in [0.2, 0.25) is 0 Å². The van der Waals surface area contributed by atoms with Gasteiger partial charge in [0, 0.05) is 18.6 Å². The van der Waals surface area contributed by atoms with Crippen molar-refractivity contribution in [1.29, 1.82) is 0 Å². The number of benzene rings is 1. The summed E-state index contributed by atoms with van der Waals surface area (Å²) in [5.41, 5.74) is 3.11. The molecule has 1 heterocycles. The molecule has 3 rings (SSSR count). The Morgan fingerprint density at radius 3 is 2.56 bits per heavy atom. The first kappa shape index (κ1) is 12.2. The molecule has 0 saturated carbocycles. The Morgan fingerprint density at radius 2 is 1.89 bits per heavy atom. The fraction of sp³-hybridized carbons (Fsp3) is 0.625. The number of fused-ring (bicyclic) bond motifs is 1. The fourth-order valence-electron chi connectivity index (χ4n) is 3.49. The van der Waals surface area contributed by atoms with E-state index < -0.39 is 0 Å². The molecule has 1 atom stereocenters. The number of nitrogens with zero attached hydrogens (tertiary/aromatic N) is 1. The van der Waals surface area contributed by atoms with Gasteiger partial charge in [0.05, 0.1) is 0 Å². The molecule has 1 saturated heterocycles. The van der Waals surface area contributed by atoms with Gasteiger partial charge < -0.3 is 10.2 Å². The molecule has 0 bridgehead atoms. The van der Waals surface area contributed by atoms with E-state index in [2.05, 4.69) is 41.4 Å². The molecule has 1 aromatic carbocycles. The molecule has 2 heteroatoms. The quantitative estimate of drug-likeness (QED) is 0.877. The SMILES string of the molecule is CCN1CCCC(NC2Cc3ccccc3C2)C1. The van der Waals surface area contributed by atoms with Gasteiger partial charge in [-0.3, -0.25) is 0 Å². The van der Waals surface area contributed by atoms with Crippen LogP contribution in [0, 0.1) is 0 Å². The monoisotopic (exact) mass is 244 g/mol. The van der Waals surface area contributed by atoms with Gasteiger partial charge in [-0.05, 0) is 49.9 Å². The molecule has 1 aliphatic heterocycles. The summed E-state index contributed by atoms with van der Waals surface area (Å²) in [6.07, 6.45) is 5.14. The van der Waals surface area contributed by atoms with Crippen molar-refractivity contribution in [1.82, 2.24) is 10.2 Å². The number of rotatable bonds is 3. The molecule has 2 aliphatic rings. The lowest BCUT2D eigenvalue weighted by molar-refractivity contribution is 0.191. The molecular formula is C16H24N2. The average Bonchev–Trinajstić information content (AvgIpc) is 2.81. The summed E-state index contributed by atoms with van der Waals surface area (Å²) < 4.78 is 0. The van der Waals surface area contributed by atoms with E-state index in [0.717, 1.165) is 0 Å². The Labute approximate surface area is 110 Å². The van der Waals surface area contributed by atoms with E-state index in [1.54, 1.807) is 11.1 Å². The van der Waals surface area contributed by atoms with Crippen molar-refractivity contribution in [2.45, 2.75) is 44.7 Å². The lowest BCUT2D eigenvalue weighted by Crippen LogP contribution is -2.49. The maximum absolute atomic E-state index is 3.89. The molecule has 1 unspecified atom stereocenters. The highest BCUT2D eigenvalue weighted by atomic mass is 15.2. The first-order chi connectivity index (χ1) is 8.85. The zero-order valence-corrected chi connectivity index (χ0v) is 11.4. The molecule has 18 heavy (non-hydrogen) atoms. The first-order valence-corrected chi connectivity index (χ1v) is 7.40. The number of hydrogen-bond acceptors (Lipinski definition) is 2. The van der Waals surface area contributed by atoms with E-state index in [1.165, 1.54) is 45.3 Å². The Morgan fingerprint density at radius 1 is 1.17 bits per heavy atom. The van der Waals surface area contributed by atoms with E-state index in [4.69, 9.17) is 0 Å². The summed E-state index contributed by atoms with van der Waals surface area (Å²) in [7, 11) is 0. The predicted molar refractivity (Wildman–Crippen MR) is 75.9 cm³/mol. The molecular weight excluding hydrogens is 220 g/mol. The van der Waals surface area contributed by atoms with Gasteiger partial charge in [0.2, 0.25) is 0 Å². The van der Waals surface area contributed by atoms with Gasteiger partial charge in [-0.2, -0.15) is 0 Å². The van der Waals surface area contributed by atoms with Gasteiger partial charge in [0.15, 0.2) is 0 Å². The molecule has 1 N–H and O–H groups in total. The standard InChI is InChI=1S/C16H24N2/c1-2-18-9-5-8-15(12-18)17-16-10-13-6-3-4-7-14(13)11-16/h3-4,6-7,15-17H,2,5,8-12H2,1H3. The molecule has 1 fully saturated rings. The van der Waals surface area contributed by atoms with Crippen LogP contribution in [0.5, 0.6) is 0 Å². The topological polar surface area (TPSA) is 15.3 Å². The summed E-state index contributed by atoms with van der Waals surface area (Å²) in [4.78, 5) is 2.57. The van der Waals surface area contributed by atoms with E-state index in [-0.39, 0.29) is 0 Å². The third kappa shape index (κ3) is 2.60. The normalized spacial score (nSPS) is 25.3. The van der Waals surface area contributed by atoms with Gasteiger partial charge in [0.25, 0.3) is 0 Å². The third-order valence-corrected chi connectivity index (χ3v) is 4.48. The molecule has 1 aliphatic carbocycles. The largest absolute Gasteiger partial charge is 0.309 e. The Hall–Kier alpha value is -0.860. The number of likely N-dealkylation sites (N-methyl/N-ethyl adjacent to an activating group) is 1. The number of likely N-dealkylation sites (tertiary alicyclic amines) is 1.